The molecule has 1 aromatic rings. The Hall–Kier alpha value is -0.510. The number of hydrogen-bond acceptors (Lipinski definition) is 4. The monoisotopic (exact) mass is 409 g/mol. The summed E-state index contributed by atoms with van der Waals surface area (Å²) < 4.78 is 10.4. The van der Waals surface area contributed by atoms with E-state index < -0.39 is 14.1 Å². The summed E-state index contributed by atoms with van der Waals surface area (Å²) in [5.74, 6) is 0. The first-order valence-electron chi connectivity index (χ1n) is 11.2. The van der Waals surface area contributed by atoms with Crippen LogP contribution < -0.4 is 5.73 Å². The van der Waals surface area contributed by atoms with E-state index in [1.807, 2.05) is 0 Å². The highest BCUT2D eigenvalue weighted by Crippen LogP contribution is 2.39. The molecule has 5 heteroatoms. The van der Waals surface area contributed by atoms with Crippen LogP contribution >= 0.6 is 8.60 Å². The minimum atomic E-state index is -1.71. The van der Waals surface area contributed by atoms with Gasteiger partial charge in [0.25, 0.3) is 0 Å². The number of benzene rings is 1. The lowest BCUT2D eigenvalue weighted by Crippen LogP contribution is -2.50. The maximum atomic E-state index is 9.29. The molecule has 1 saturated heterocycles. The zero-order valence-electron chi connectivity index (χ0n) is 17.7. The normalized spacial score (nSPS) is 22.5. The lowest BCUT2D eigenvalue weighted by Gasteiger charge is -2.34. The average molecular weight is 410 g/mol. The molecule has 4 nitrogen and oxygen atoms in total. The van der Waals surface area contributed by atoms with Gasteiger partial charge in [-0.25, -0.2) is 0 Å². The molecule has 0 aliphatic carbocycles. The van der Waals surface area contributed by atoms with Crippen LogP contribution in [0, 0.1) is 0 Å². The third-order valence-electron chi connectivity index (χ3n) is 5.68. The molecule has 0 bridgehead atoms. The summed E-state index contributed by atoms with van der Waals surface area (Å²) in [5, 5.41) is 0. The van der Waals surface area contributed by atoms with E-state index in [2.05, 4.69) is 31.2 Å². The number of hydrogen-bond donors (Lipinski definition) is 2. The van der Waals surface area contributed by atoms with E-state index in [-0.39, 0.29) is 0 Å². The first kappa shape index (κ1) is 23.8. The second-order valence-corrected chi connectivity index (χ2v) is 9.39. The molecule has 0 spiro atoms. The third-order valence-corrected chi connectivity index (χ3v) is 6.38. The Labute approximate surface area is 173 Å². The summed E-state index contributed by atoms with van der Waals surface area (Å²) in [7, 11) is -1.71. The predicted molar refractivity (Wildman–Crippen MR) is 118 cm³/mol. The number of unbranched alkanes of at least 4 members (excludes halogenated alkanes) is 9. The largest absolute Gasteiger partial charge is 0.329 e. The van der Waals surface area contributed by atoms with Gasteiger partial charge in [0, 0.05) is 0 Å². The molecule has 2 rings (SSSR count). The van der Waals surface area contributed by atoms with Crippen LogP contribution in [0.4, 0.5) is 0 Å². The molecule has 1 fully saturated rings. The van der Waals surface area contributed by atoms with Crippen molar-refractivity contribution in [3.8, 4) is 0 Å². The minimum Gasteiger partial charge on any atom is -0.328 e. The summed E-state index contributed by atoms with van der Waals surface area (Å²) in [6.45, 7) is 3.01. The van der Waals surface area contributed by atoms with E-state index in [1.165, 1.54) is 81.8 Å². The summed E-state index contributed by atoms with van der Waals surface area (Å²) in [6, 6.07) is 8.96. The Morgan fingerprint density at radius 1 is 0.821 bits per heavy atom. The van der Waals surface area contributed by atoms with Crippen LogP contribution in [0.15, 0.2) is 24.3 Å². The van der Waals surface area contributed by atoms with Gasteiger partial charge in [0.2, 0.25) is 0 Å². The Bertz CT molecular complexity index is 515. The van der Waals surface area contributed by atoms with Gasteiger partial charge in [-0.1, -0.05) is 89.0 Å². The van der Waals surface area contributed by atoms with Crippen molar-refractivity contribution in [1.29, 1.82) is 0 Å². The van der Waals surface area contributed by atoms with Gasteiger partial charge >= 0.3 is 8.60 Å². The van der Waals surface area contributed by atoms with E-state index in [4.69, 9.17) is 14.8 Å². The number of aryl methyl sites for hydroxylation is 2. The Balaban J connectivity index is 1.53. The smallest absolute Gasteiger partial charge is 0.328 e. The Morgan fingerprint density at radius 3 is 1.82 bits per heavy atom. The topological polar surface area (TPSA) is 64.7 Å². The molecule has 1 aliphatic heterocycles. The molecule has 3 N–H and O–H groups in total. The lowest BCUT2D eigenvalue weighted by molar-refractivity contribution is 0.0648. The molecule has 1 aromatic carbocycles. The molecular weight excluding hydrogens is 369 g/mol. The maximum absolute atomic E-state index is 9.29. The quantitative estimate of drug-likeness (QED) is 0.290. The van der Waals surface area contributed by atoms with Gasteiger partial charge in [-0.05, 0) is 36.8 Å². The number of rotatable bonds is 14. The van der Waals surface area contributed by atoms with Crippen LogP contribution in [-0.2, 0) is 21.9 Å². The maximum Gasteiger partial charge on any atom is 0.329 e. The highest BCUT2D eigenvalue weighted by atomic mass is 31.2. The molecule has 0 saturated carbocycles. The molecular formula is C23H40NO3P. The van der Waals surface area contributed by atoms with Gasteiger partial charge in [0.05, 0.1) is 18.8 Å². The standard InChI is InChI=1S/C23H40NO3P/c1-2-3-4-5-6-7-8-9-10-11-12-21-13-15-22(16-14-21)17-18-23(24)19-26-28(25)27-20-23/h13-16,25H,2-12,17-20,24H2,1H3. The van der Waals surface area contributed by atoms with Crippen molar-refractivity contribution >= 4 is 8.60 Å². The fourth-order valence-electron chi connectivity index (χ4n) is 3.67. The lowest BCUT2D eigenvalue weighted by atomic mass is 9.93. The molecule has 0 aromatic heterocycles. The van der Waals surface area contributed by atoms with Crippen LogP contribution in [-0.4, -0.2) is 23.6 Å². The Morgan fingerprint density at radius 2 is 1.29 bits per heavy atom. The van der Waals surface area contributed by atoms with Gasteiger partial charge in [-0.15, -0.1) is 0 Å². The van der Waals surface area contributed by atoms with Crippen molar-refractivity contribution in [2.24, 2.45) is 5.73 Å². The molecule has 0 radical (unpaired) electrons. The molecule has 0 atom stereocenters. The average Bonchev–Trinajstić information content (AvgIpc) is 2.71. The zero-order valence-corrected chi connectivity index (χ0v) is 18.6. The van der Waals surface area contributed by atoms with Crippen LogP contribution in [0.2, 0.25) is 0 Å². The fraction of sp³-hybridized carbons (Fsp3) is 0.739. The molecule has 28 heavy (non-hydrogen) atoms. The second kappa shape index (κ2) is 13.7. The summed E-state index contributed by atoms with van der Waals surface area (Å²) in [6.07, 6.45) is 16.7. The van der Waals surface area contributed by atoms with Gasteiger partial charge in [0.15, 0.2) is 0 Å². The first-order chi connectivity index (χ1) is 13.6. The fourth-order valence-corrected chi connectivity index (χ4v) is 4.48. The van der Waals surface area contributed by atoms with E-state index in [0.29, 0.717) is 13.2 Å². The predicted octanol–water partition coefficient (Wildman–Crippen LogP) is 6.05. The summed E-state index contributed by atoms with van der Waals surface area (Å²) >= 11 is 0. The SMILES string of the molecule is CCCCCCCCCCCCc1ccc(CCC2(N)COP(O)OC2)cc1. The van der Waals surface area contributed by atoms with Crippen LogP contribution in [0.5, 0.6) is 0 Å². The van der Waals surface area contributed by atoms with Crippen molar-refractivity contribution in [3.63, 3.8) is 0 Å². The molecule has 0 unspecified atom stereocenters. The highest BCUT2D eigenvalue weighted by Gasteiger charge is 2.33. The van der Waals surface area contributed by atoms with Crippen molar-refractivity contribution in [1.82, 2.24) is 0 Å². The molecule has 0 amide bonds. The van der Waals surface area contributed by atoms with Gasteiger partial charge < -0.3 is 19.7 Å². The minimum absolute atomic E-state index is 0.367. The van der Waals surface area contributed by atoms with Gasteiger partial charge in [-0.2, -0.15) is 0 Å². The van der Waals surface area contributed by atoms with Crippen molar-refractivity contribution in [3.05, 3.63) is 35.4 Å². The van der Waals surface area contributed by atoms with E-state index in [0.717, 1.165) is 12.8 Å². The van der Waals surface area contributed by atoms with E-state index in [1.54, 1.807) is 0 Å². The van der Waals surface area contributed by atoms with Crippen LogP contribution in [0.1, 0.15) is 88.7 Å². The van der Waals surface area contributed by atoms with Crippen molar-refractivity contribution in [2.75, 3.05) is 13.2 Å². The van der Waals surface area contributed by atoms with Crippen LogP contribution in [0.25, 0.3) is 0 Å². The molecule has 160 valence electrons. The van der Waals surface area contributed by atoms with Gasteiger partial charge in [0.1, 0.15) is 0 Å². The van der Waals surface area contributed by atoms with E-state index in [9.17, 15) is 4.89 Å². The Kier molecular flexibility index (Phi) is 11.6. The summed E-state index contributed by atoms with van der Waals surface area (Å²) in [4.78, 5) is 9.29. The number of nitrogens with two attached hydrogens (primary N) is 1. The van der Waals surface area contributed by atoms with Crippen molar-refractivity contribution in [2.45, 2.75) is 95.9 Å². The van der Waals surface area contributed by atoms with Crippen LogP contribution in [0.3, 0.4) is 0 Å². The molecule has 1 heterocycles. The first-order valence-corrected chi connectivity index (χ1v) is 12.4. The third kappa shape index (κ3) is 9.80. The van der Waals surface area contributed by atoms with E-state index >= 15 is 0 Å². The van der Waals surface area contributed by atoms with Gasteiger partial charge in [-0.3, -0.25) is 0 Å². The summed E-state index contributed by atoms with van der Waals surface area (Å²) in [5.41, 5.74) is 8.54. The second-order valence-electron chi connectivity index (χ2n) is 8.40. The molecule has 1 aliphatic rings. The zero-order chi connectivity index (χ0) is 20.1. The van der Waals surface area contributed by atoms with Crippen molar-refractivity contribution < 1.29 is 13.9 Å². The highest BCUT2D eigenvalue weighted by molar-refractivity contribution is 7.40.